The van der Waals surface area contributed by atoms with Crippen LogP contribution in [0.3, 0.4) is 0 Å². The number of benzene rings is 1. The van der Waals surface area contributed by atoms with Crippen molar-refractivity contribution < 1.29 is 31.3 Å². The van der Waals surface area contributed by atoms with E-state index in [0.29, 0.717) is 12.1 Å². The van der Waals surface area contributed by atoms with Crippen molar-refractivity contribution in [3.63, 3.8) is 0 Å². The molecule has 2 rings (SSSR count). The van der Waals surface area contributed by atoms with Crippen LogP contribution in [0.5, 0.6) is 0 Å². The molecule has 8 heteroatoms. The third-order valence-corrected chi connectivity index (χ3v) is 3.88. The summed E-state index contributed by atoms with van der Waals surface area (Å²) in [7, 11) is -1.19. The highest BCUT2D eigenvalue weighted by Crippen LogP contribution is 2.37. The first kappa shape index (κ1) is 16.2. The lowest BCUT2D eigenvalue weighted by atomic mass is 9.78. The largest absolute Gasteiger partial charge is 0.494 e. The predicted octanol–water partition coefficient (Wildman–Crippen LogP) is 3.28. The molecular weight excluding hydrogens is 294 g/mol. The molecule has 0 aromatic heterocycles. The van der Waals surface area contributed by atoms with Gasteiger partial charge in [0.15, 0.2) is 11.6 Å². The molecule has 1 aliphatic rings. The second-order valence-electron chi connectivity index (χ2n) is 5.95. The van der Waals surface area contributed by atoms with Gasteiger partial charge in [-0.1, -0.05) is 0 Å². The van der Waals surface area contributed by atoms with E-state index in [1.165, 1.54) is 0 Å². The monoisotopic (exact) mass is 308 g/mol. The highest BCUT2D eigenvalue weighted by molar-refractivity contribution is 6.62. The number of halogens is 5. The van der Waals surface area contributed by atoms with Gasteiger partial charge in [-0.15, -0.1) is 0 Å². The van der Waals surface area contributed by atoms with E-state index in [0.717, 1.165) is 0 Å². The highest BCUT2D eigenvalue weighted by Gasteiger charge is 2.52. The molecule has 1 aromatic carbocycles. The molecule has 1 aromatic rings. The molecule has 1 saturated heterocycles. The molecule has 0 bridgehead atoms. The maximum atomic E-state index is 13.4. The van der Waals surface area contributed by atoms with Gasteiger partial charge < -0.3 is 9.31 Å². The zero-order valence-electron chi connectivity index (χ0n) is 11.9. The smallest absolute Gasteiger partial charge is 0.399 e. The lowest BCUT2D eigenvalue weighted by Crippen LogP contribution is -2.41. The van der Waals surface area contributed by atoms with Crippen molar-refractivity contribution in [2.24, 2.45) is 0 Å². The first-order valence-corrected chi connectivity index (χ1v) is 6.27. The van der Waals surface area contributed by atoms with Crippen LogP contribution in [-0.2, 0) is 15.5 Å². The molecule has 0 aliphatic carbocycles. The minimum absolute atomic E-state index is 0.208. The molecule has 0 spiro atoms. The van der Waals surface area contributed by atoms with Crippen LogP contribution in [-0.4, -0.2) is 18.3 Å². The second-order valence-corrected chi connectivity index (χ2v) is 5.95. The fraction of sp³-hybridized carbons (Fsp3) is 0.538. The summed E-state index contributed by atoms with van der Waals surface area (Å²) < 4.78 is 75.9. The molecule has 1 fully saturated rings. The Morgan fingerprint density at radius 2 is 1.43 bits per heavy atom. The van der Waals surface area contributed by atoms with Crippen molar-refractivity contribution in [2.75, 3.05) is 0 Å². The van der Waals surface area contributed by atoms with E-state index in [9.17, 15) is 22.0 Å². The van der Waals surface area contributed by atoms with Crippen molar-refractivity contribution in [1.82, 2.24) is 0 Å². The predicted molar refractivity (Wildman–Crippen MR) is 67.1 cm³/mol. The summed E-state index contributed by atoms with van der Waals surface area (Å²) in [6.07, 6.45) is -5.00. The molecule has 0 saturated carbocycles. The average molecular weight is 308 g/mol. The van der Waals surface area contributed by atoms with Gasteiger partial charge in [-0.3, -0.25) is 0 Å². The van der Waals surface area contributed by atoms with E-state index in [1.807, 2.05) is 0 Å². The topological polar surface area (TPSA) is 18.5 Å². The molecule has 21 heavy (non-hydrogen) atoms. The van der Waals surface area contributed by atoms with Crippen molar-refractivity contribution >= 4 is 12.6 Å². The fourth-order valence-electron chi connectivity index (χ4n) is 1.93. The third-order valence-electron chi connectivity index (χ3n) is 3.88. The zero-order chi connectivity index (χ0) is 16.2. The van der Waals surface area contributed by atoms with Gasteiger partial charge in [0, 0.05) is 0 Å². The lowest BCUT2D eigenvalue weighted by Gasteiger charge is -2.32. The Kier molecular flexibility index (Phi) is 3.61. The fourth-order valence-corrected chi connectivity index (χ4v) is 1.93. The van der Waals surface area contributed by atoms with Crippen LogP contribution in [0.2, 0.25) is 0 Å². The summed E-state index contributed by atoms with van der Waals surface area (Å²) >= 11 is 0. The van der Waals surface area contributed by atoms with E-state index in [-0.39, 0.29) is 5.46 Å². The van der Waals surface area contributed by atoms with Crippen molar-refractivity contribution in [1.29, 1.82) is 0 Å². The van der Waals surface area contributed by atoms with Gasteiger partial charge >= 0.3 is 13.3 Å². The van der Waals surface area contributed by atoms with Gasteiger partial charge in [0.25, 0.3) is 0 Å². The Hall–Kier alpha value is -1.15. The first-order valence-electron chi connectivity index (χ1n) is 6.27. The summed E-state index contributed by atoms with van der Waals surface area (Å²) in [6.45, 7) is 6.82. The Labute approximate surface area is 119 Å². The van der Waals surface area contributed by atoms with Gasteiger partial charge in [0.1, 0.15) is 0 Å². The summed E-state index contributed by atoms with van der Waals surface area (Å²) in [5.41, 5.74) is -3.46. The van der Waals surface area contributed by atoms with E-state index in [1.54, 1.807) is 27.7 Å². The van der Waals surface area contributed by atoms with Gasteiger partial charge in [0.2, 0.25) is 0 Å². The Bertz CT molecular complexity index is 552. The average Bonchev–Trinajstić information content (AvgIpc) is 2.50. The molecule has 0 atom stereocenters. The maximum absolute atomic E-state index is 13.4. The Morgan fingerprint density at radius 1 is 0.952 bits per heavy atom. The standard InChI is InChI=1S/C13H14BF5O2/c1-11(2)12(3,4)21-14(20-11)7-5-8(13(17,18)19)10(16)9(15)6-7/h5-6H,1-4H3. The lowest BCUT2D eigenvalue weighted by molar-refractivity contribution is -0.140. The van der Waals surface area contributed by atoms with Crippen LogP contribution in [0.1, 0.15) is 33.3 Å². The summed E-state index contributed by atoms with van der Waals surface area (Å²) in [4.78, 5) is 0. The maximum Gasteiger partial charge on any atom is 0.494 e. The van der Waals surface area contributed by atoms with Crippen LogP contribution in [0, 0.1) is 11.6 Å². The summed E-state index contributed by atoms with van der Waals surface area (Å²) in [5.74, 6) is -3.52. The number of hydrogen-bond donors (Lipinski definition) is 0. The van der Waals surface area contributed by atoms with E-state index in [2.05, 4.69) is 0 Å². The van der Waals surface area contributed by atoms with Crippen LogP contribution in [0.4, 0.5) is 22.0 Å². The highest BCUT2D eigenvalue weighted by atomic mass is 19.4. The minimum Gasteiger partial charge on any atom is -0.399 e. The molecular formula is C13H14BF5O2. The summed E-state index contributed by atoms with van der Waals surface area (Å²) in [6, 6.07) is 1.17. The van der Waals surface area contributed by atoms with Crippen LogP contribution in [0.15, 0.2) is 12.1 Å². The van der Waals surface area contributed by atoms with Crippen LogP contribution < -0.4 is 5.46 Å². The number of alkyl halides is 3. The van der Waals surface area contributed by atoms with Crippen LogP contribution in [0.25, 0.3) is 0 Å². The Morgan fingerprint density at radius 3 is 1.86 bits per heavy atom. The molecule has 1 aliphatic heterocycles. The molecule has 116 valence electrons. The van der Waals surface area contributed by atoms with Crippen molar-refractivity contribution in [3.8, 4) is 0 Å². The number of rotatable bonds is 1. The van der Waals surface area contributed by atoms with Gasteiger partial charge in [-0.05, 0) is 45.3 Å². The second kappa shape index (κ2) is 4.68. The van der Waals surface area contributed by atoms with E-state index < -0.39 is 41.7 Å². The van der Waals surface area contributed by atoms with Crippen molar-refractivity contribution in [3.05, 3.63) is 29.3 Å². The van der Waals surface area contributed by atoms with Gasteiger partial charge in [-0.2, -0.15) is 13.2 Å². The summed E-state index contributed by atoms with van der Waals surface area (Å²) in [5, 5.41) is 0. The van der Waals surface area contributed by atoms with E-state index in [4.69, 9.17) is 9.31 Å². The molecule has 2 nitrogen and oxygen atoms in total. The zero-order valence-corrected chi connectivity index (χ0v) is 11.9. The Balaban J connectivity index is 2.46. The van der Waals surface area contributed by atoms with Gasteiger partial charge in [-0.25, -0.2) is 8.78 Å². The first-order chi connectivity index (χ1) is 9.35. The normalized spacial score (nSPS) is 20.9. The molecule has 0 N–H and O–H groups in total. The molecule has 0 unspecified atom stereocenters. The molecule has 1 heterocycles. The number of hydrogen-bond acceptors (Lipinski definition) is 2. The quantitative estimate of drug-likeness (QED) is 0.585. The molecule has 0 radical (unpaired) electrons. The SMILES string of the molecule is CC1(C)OB(c2cc(F)c(F)c(C(F)(F)F)c2)OC1(C)C. The van der Waals surface area contributed by atoms with Gasteiger partial charge in [0.05, 0.1) is 16.8 Å². The van der Waals surface area contributed by atoms with E-state index >= 15 is 0 Å². The van der Waals surface area contributed by atoms with Crippen molar-refractivity contribution in [2.45, 2.75) is 45.1 Å². The van der Waals surface area contributed by atoms with Crippen LogP contribution >= 0.6 is 0 Å². The third kappa shape index (κ3) is 2.79. The molecule has 0 amide bonds. The minimum atomic E-state index is -5.00.